The molecule has 0 radical (unpaired) electrons. The standard InChI is InChI=1S/C11H6BrF2N/c12-10-2-1-3-15-11(10)7-4-8(13)6-9(14)5-7/h1-6H. The van der Waals surface area contributed by atoms with Crippen LogP contribution in [0.15, 0.2) is 41.0 Å². The second-order valence-electron chi connectivity index (χ2n) is 2.99. The highest BCUT2D eigenvalue weighted by Gasteiger charge is 2.07. The fourth-order valence-electron chi connectivity index (χ4n) is 1.29. The summed E-state index contributed by atoms with van der Waals surface area (Å²) in [5.41, 5.74) is 0.941. The van der Waals surface area contributed by atoms with Crippen molar-refractivity contribution in [3.63, 3.8) is 0 Å². The molecule has 1 heterocycles. The molecule has 0 fully saturated rings. The van der Waals surface area contributed by atoms with Gasteiger partial charge in [-0.15, -0.1) is 0 Å². The van der Waals surface area contributed by atoms with Crippen LogP contribution in [0.3, 0.4) is 0 Å². The molecule has 2 rings (SSSR count). The van der Waals surface area contributed by atoms with Gasteiger partial charge in [-0.2, -0.15) is 0 Å². The van der Waals surface area contributed by atoms with Crippen LogP contribution in [0.4, 0.5) is 8.78 Å². The van der Waals surface area contributed by atoms with Crippen LogP contribution < -0.4 is 0 Å². The van der Waals surface area contributed by atoms with Gasteiger partial charge in [0.25, 0.3) is 0 Å². The van der Waals surface area contributed by atoms with E-state index in [1.807, 2.05) is 0 Å². The summed E-state index contributed by atoms with van der Waals surface area (Å²) in [6, 6.07) is 6.83. The van der Waals surface area contributed by atoms with Crippen molar-refractivity contribution < 1.29 is 8.78 Å². The Morgan fingerprint density at radius 1 is 1.07 bits per heavy atom. The van der Waals surface area contributed by atoms with Crippen LogP contribution in [0.5, 0.6) is 0 Å². The lowest BCUT2D eigenvalue weighted by Crippen LogP contribution is -1.87. The fraction of sp³-hybridized carbons (Fsp3) is 0. The summed E-state index contributed by atoms with van der Waals surface area (Å²) in [7, 11) is 0. The van der Waals surface area contributed by atoms with Gasteiger partial charge in [0, 0.05) is 22.3 Å². The zero-order valence-corrected chi connectivity index (χ0v) is 9.13. The molecule has 0 atom stereocenters. The number of halogens is 3. The normalized spacial score (nSPS) is 10.3. The van der Waals surface area contributed by atoms with E-state index in [9.17, 15) is 8.78 Å². The van der Waals surface area contributed by atoms with Gasteiger partial charge >= 0.3 is 0 Å². The summed E-state index contributed by atoms with van der Waals surface area (Å²) < 4.78 is 26.6. The first kappa shape index (κ1) is 10.2. The van der Waals surface area contributed by atoms with Crippen LogP contribution in [0, 0.1) is 11.6 Å². The molecule has 0 spiro atoms. The molecule has 2 aromatic rings. The number of aromatic nitrogens is 1. The van der Waals surface area contributed by atoms with E-state index in [0.29, 0.717) is 15.7 Å². The van der Waals surface area contributed by atoms with Crippen molar-refractivity contribution in [3.05, 3.63) is 52.6 Å². The average molecular weight is 270 g/mol. The minimum absolute atomic E-state index is 0.417. The Balaban J connectivity index is 2.59. The molecule has 0 saturated heterocycles. The van der Waals surface area contributed by atoms with Gasteiger partial charge in [0.2, 0.25) is 0 Å². The SMILES string of the molecule is Fc1cc(F)cc(-c2ncccc2Br)c1. The maximum absolute atomic E-state index is 13.0. The highest BCUT2D eigenvalue weighted by atomic mass is 79.9. The number of pyridine rings is 1. The topological polar surface area (TPSA) is 12.9 Å². The van der Waals surface area contributed by atoms with E-state index in [4.69, 9.17) is 0 Å². The van der Waals surface area contributed by atoms with Crippen LogP contribution in [0.1, 0.15) is 0 Å². The van der Waals surface area contributed by atoms with E-state index in [1.54, 1.807) is 18.3 Å². The number of nitrogens with zero attached hydrogens (tertiary/aromatic N) is 1. The zero-order valence-electron chi connectivity index (χ0n) is 7.55. The third-order valence-electron chi connectivity index (χ3n) is 1.89. The molecule has 0 N–H and O–H groups in total. The summed E-state index contributed by atoms with van der Waals surface area (Å²) in [6.45, 7) is 0. The van der Waals surface area contributed by atoms with Crippen LogP contribution in [-0.2, 0) is 0 Å². The molecule has 0 unspecified atom stereocenters. The Morgan fingerprint density at radius 2 is 1.73 bits per heavy atom. The molecule has 0 aliphatic heterocycles. The summed E-state index contributed by atoms with van der Waals surface area (Å²) in [4.78, 5) is 4.05. The zero-order chi connectivity index (χ0) is 10.8. The summed E-state index contributed by atoms with van der Waals surface area (Å²) in [5.74, 6) is -1.22. The fourth-order valence-corrected chi connectivity index (χ4v) is 1.77. The van der Waals surface area contributed by atoms with Crippen LogP contribution in [0.25, 0.3) is 11.3 Å². The predicted octanol–water partition coefficient (Wildman–Crippen LogP) is 3.79. The molecule has 0 amide bonds. The monoisotopic (exact) mass is 269 g/mol. The molecular weight excluding hydrogens is 264 g/mol. The molecule has 0 saturated carbocycles. The Bertz CT molecular complexity index is 479. The lowest BCUT2D eigenvalue weighted by Gasteiger charge is -2.03. The van der Waals surface area contributed by atoms with Crippen molar-refractivity contribution in [1.29, 1.82) is 0 Å². The first-order valence-electron chi connectivity index (χ1n) is 4.24. The third kappa shape index (κ3) is 2.21. The second kappa shape index (κ2) is 4.06. The minimum Gasteiger partial charge on any atom is -0.255 e. The Kier molecular flexibility index (Phi) is 2.77. The first-order valence-corrected chi connectivity index (χ1v) is 5.03. The molecule has 0 bridgehead atoms. The van der Waals surface area contributed by atoms with Gasteiger partial charge in [0.1, 0.15) is 11.6 Å². The summed E-state index contributed by atoms with van der Waals surface area (Å²) in [5, 5.41) is 0. The highest BCUT2D eigenvalue weighted by Crippen LogP contribution is 2.26. The predicted molar refractivity (Wildman–Crippen MR) is 57.3 cm³/mol. The van der Waals surface area contributed by atoms with Gasteiger partial charge in [0.05, 0.1) is 5.69 Å². The van der Waals surface area contributed by atoms with E-state index in [0.717, 1.165) is 6.07 Å². The van der Waals surface area contributed by atoms with Gasteiger partial charge in [-0.3, -0.25) is 4.98 Å². The lowest BCUT2D eigenvalue weighted by atomic mass is 10.1. The smallest absolute Gasteiger partial charge is 0.126 e. The lowest BCUT2D eigenvalue weighted by molar-refractivity contribution is 0.584. The van der Waals surface area contributed by atoms with Gasteiger partial charge in [-0.1, -0.05) is 0 Å². The maximum Gasteiger partial charge on any atom is 0.126 e. The molecule has 0 aliphatic carbocycles. The number of rotatable bonds is 1. The number of hydrogen-bond donors (Lipinski definition) is 0. The first-order chi connectivity index (χ1) is 7.16. The number of hydrogen-bond acceptors (Lipinski definition) is 1. The van der Waals surface area contributed by atoms with Crippen molar-refractivity contribution in [2.24, 2.45) is 0 Å². The van der Waals surface area contributed by atoms with Gasteiger partial charge in [-0.25, -0.2) is 8.78 Å². The quantitative estimate of drug-likeness (QED) is 0.768. The van der Waals surface area contributed by atoms with Gasteiger partial charge in [0.15, 0.2) is 0 Å². The summed E-state index contributed by atoms with van der Waals surface area (Å²) in [6.07, 6.45) is 1.57. The molecule has 1 aromatic heterocycles. The Morgan fingerprint density at radius 3 is 2.33 bits per heavy atom. The maximum atomic E-state index is 13.0. The number of benzene rings is 1. The van der Waals surface area contributed by atoms with E-state index in [2.05, 4.69) is 20.9 Å². The summed E-state index contributed by atoms with van der Waals surface area (Å²) >= 11 is 3.27. The van der Waals surface area contributed by atoms with E-state index in [-0.39, 0.29) is 0 Å². The van der Waals surface area contributed by atoms with Crippen molar-refractivity contribution in [2.45, 2.75) is 0 Å². The van der Waals surface area contributed by atoms with Crippen LogP contribution >= 0.6 is 15.9 Å². The van der Waals surface area contributed by atoms with Crippen molar-refractivity contribution in [2.75, 3.05) is 0 Å². The molecule has 4 heteroatoms. The van der Waals surface area contributed by atoms with Crippen LogP contribution in [-0.4, -0.2) is 4.98 Å². The average Bonchev–Trinajstić information content (AvgIpc) is 2.16. The van der Waals surface area contributed by atoms with E-state index >= 15 is 0 Å². The molecule has 0 aliphatic rings. The van der Waals surface area contributed by atoms with Crippen LogP contribution in [0.2, 0.25) is 0 Å². The molecule has 76 valence electrons. The molecular formula is C11H6BrF2N. The van der Waals surface area contributed by atoms with E-state index < -0.39 is 11.6 Å². The van der Waals surface area contributed by atoms with Crippen molar-refractivity contribution in [1.82, 2.24) is 4.98 Å². The largest absolute Gasteiger partial charge is 0.255 e. The van der Waals surface area contributed by atoms with Gasteiger partial charge in [-0.05, 0) is 40.2 Å². The highest BCUT2D eigenvalue weighted by molar-refractivity contribution is 9.10. The van der Waals surface area contributed by atoms with Crippen molar-refractivity contribution >= 4 is 15.9 Å². The molecule has 15 heavy (non-hydrogen) atoms. The van der Waals surface area contributed by atoms with Crippen molar-refractivity contribution in [3.8, 4) is 11.3 Å². The third-order valence-corrected chi connectivity index (χ3v) is 2.53. The molecule has 1 nitrogen and oxygen atoms in total. The minimum atomic E-state index is -0.609. The second-order valence-corrected chi connectivity index (χ2v) is 3.85. The van der Waals surface area contributed by atoms with Gasteiger partial charge < -0.3 is 0 Å². The molecule has 1 aromatic carbocycles. The van der Waals surface area contributed by atoms with E-state index in [1.165, 1.54) is 12.1 Å². The Hall–Kier alpha value is -1.29. The Labute approximate surface area is 93.9 Å².